The molecule has 30 heavy (non-hydrogen) atoms. The predicted octanol–water partition coefficient (Wildman–Crippen LogP) is 3.01. The fraction of sp³-hybridized carbons (Fsp3) is 0.190. The highest BCUT2D eigenvalue weighted by molar-refractivity contribution is 9.10. The summed E-state index contributed by atoms with van der Waals surface area (Å²) in [6.45, 7) is 1.39. The number of hydrogen-bond donors (Lipinski definition) is 3. The summed E-state index contributed by atoms with van der Waals surface area (Å²) in [6.07, 6.45) is 1.61. The van der Waals surface area contributed by atoms with E-state index in [4.69, 9.17) is 10.5 Å². The summed E-state index contributed by atoms with van der Waals surface area (Å²) in [4.78, 5) is 24.2. The van der Waals surface area contributed by atoms with Gasteiger partial charge in [-0.2, -0.15) is 4.98 Å². The Morgan fingerprint density at radius 1 is 1.20 bits per heavy atom. The third-order valence-corrected chi connectivity index (χ3v) is 5.28. The third kappa shape index (κ3) is 4.22. The molecule has 0 aliphatic rings. The van der Waals surface area contributed by atoms with E-state index < -0.39 is 0 Å². The van der Waals surface area contributed by atoms with Crippen molar-refractivity contribution in [1.82, 2.24) is 19.5 Å². The number of halogens is 1. The standard InChI is InChI=1S/C21H21BrN6O2/c1-30-18-7-6-16(22)8-15(18)12-28-19-17(26-21(28)29)11-25-20(27-19)24-10-14-4-2-13(9-23)3-5-14/h2-8,11H,9-10,12,23H2,1H3,(H,26,29)(H,24,25,27). The zero-order chi connectivity index (χ0) is 21.1. The van der Waals surface area contributed by atoms with Gasteiger partial charge >= 0.3 is 5.69 Å². The van der Waals surface area contributed by atoms with Crippen molar-refractivity contribution in [2.45, 2.75) is 19.6 Å². The van der Waals surface area contributed by atoms with Gasteiger partial charge in [-0.1, -0.05) is 40.2 Å². The maximum atomic E-state index is 12.5. The van der Waals surface area contributed by atoms with Gasteiger partial charge in [-0.25, -0.2) is 9.78 Å². The molecule has 0 saturated heterocycles. The van der Waals surface area contributed by atoms with Crippen LogP contribution in [-0.4, -0.2) is 26.6 Å². The molecule has 4 rings (SSSR count). The van der Waals surface area contributed by atoms with E-state index in [9.17, 15) is 4.79 Å². The van der Waals surface area contributed by atoms with Gasteiger partial charge in [0.2, 0.25) is 5.95 Å². The number of aromatic amines is 1. The van der Waals surface area contributed by atoms with E-state index in [0.29, 0.717) is 42.5 Å². The van der Waals surface area contributed by atoms with Gasteiger partial charge < -0.3 is 20.8 Å². The highest BCUT2D eigenvalue weighted by atomic mass is 79.9. The number of ether oxygens (including phenoxy) is 1. The molecule has 154 valence electrons. The number of aromatic nitrogens is 4. The van der Waals surface area contributed by atoms with Crippen molar-refractivity contribution < 1.29 is 4.74 Å². The summed E-state index contributed by atoms with van der Waals surface area (Å²) in [7, 11) is 1.61. The predicted molar refractivity (Wildman–Crippen MR) is 120 cm³/mol. The first-order valence-electron chi connectivity index (χ1n) is 9.37. The molecule has 0 unspecified atom stereocenters. The van der Waals surface area contributed by atoms with Crippen LogP contribution in [0.5, 0.6) is 5.75 Å². The van der Waals surface area contributed by atoms with E-state index in [1.165, 1.54) is 0 Å². The second-order valence-corrected chi connectivity index (χ2v) is 7.69. The van der Waals surface area contributed by atoms with Crippen LogP contribution in [0.3, 0.4) is 0 Å². The molecule has 0 spiro atoms. The molecule has 4 aromatic rings. The lowest BCUT2D eigenvalue weighted by atomic mass is 10.1. The highest BCUT2D eigenvalue weighted by Crippen LogP contribution is 2.24. The fourth-order valence-corrected chi connectivity index (χ4v) is 3.60. The molecular weight excluding hydrogens is 448 g/mol. The summed E-state index contributed by atoms with van der Waals surface area (Å²) < 4.78 is 7.91. The van der Waals surface area contributed by atoms with Crippen LogP contribution in [0.4, 0.5) is 5.95 Å². The fourth-order valence-electron chi connectivity index (χ4n) is 3.19. The van der Waals surface area contributed by atoms with Crippen LogP contribution in [-0.2, 0) is 19.6 Å². The quantitative estimate of drug-likeness (QED) is 0.384. The van der Waals surface area contributed by atoms with Crippen LogP contribution in [0.1, 0.15) is 16.7 Å². The lowest BCUT2D eigenvalue weighted by molar-refractivity contribution is 0.408. The van der Waals surface area contributed by atoms with Gasteiger partial charge in [0.05, 0.1) is 19.9 Å². The molecule has 0 amide bonds. The Morgan fingerprint density at radius 3 is 2.70 bits per heavy atom. The largest absolute Gasteiger partial charge is 0.496 e. The molecule has 0 aliphatic carbocycles. The number of methoxy groups -OCH3 is 1. The van der Waals surface area contributed by atoms with Gasteiger partial charge in [-0.3, -0.25) is 4.57 Å². The first kappa shape index (κ1) is 20.1. The van der Waals surface area contributed by atoms with E-state index in [1.807, 2.05) is 42.5 Å². The maximum Gasteiger partial charge on any atom is 0.328 e. The van der Waals surface area contributed by atoms with E-state index >= 15 is 0 Å². The highest BCUT2D eigenvalue weighted by Gasteiger charge is 2.13. The average Bonchev–Trinajstić information content (AvgIpc) is 3.07. The molecule has 9 heteroatoms. The molecule has 0 atom stereocenters. The summed E-state index contributed by atoms with van der Waals surface area (Å²) >= 11 is 3.47. The number of imidazole rings is 1. The summed E-state index contributed by atoms with van der Waals surface area (Å²) in [5.41, 5.74) is 9.51. The van der Waals surface area contributed by atoms with E-state index in [1.54, 1.807) is 17.9 Å². The lowest BCUT2D eigenvalue weighted by Gasteiger charge is -2.10. The SMILES string of the molecule is COc1ccc(Br)cc1Cn1c(=O)[nH]c2cnc(NCc3ccc(CN)cc3)nc21. The van der Waals surface area contributed by atoms with E-state index in [-0.39, 0.29) is 5.69 Å². The van der Waals surface area contributed by atoms with E-state index in [0.717, 1.165) is 21.2 Å². The number of nitrogens with two attached hydrogens (primary N) is 1. The van der Waals surface area contributed by atoms with Crippen molar-refractivity contribution in [3.8, 4) is 5.75 Å². The van der Waals surface area contributed by atoms with Gasteiger partial charge in [0, 0.05) is 23.1 Å². The molecule has 2 heterocycles. The van der Waals surface area contributed by atoms with Crippen molar-refractivity contribution in [2.24, 2.45) is 5.73 Å². The number of nitrogens with one attached hydrogen (secondary N) is 2. The molecule has 4 N–H and O–H groups in total. The topological polar surface area (TPSA) is 111 Å². The number of hydrogen-bond acceptors (Lipinski definition) is 6. The molecule has 2 aromatic heterocycles. The van der Waals surface area contributed by atoms with Crippen molar-refractivity contribution in [3.63, 3.8) is 0 Å². The second-order valence-electron chi connectivity index (χ2n) is 6.78. The minimum atomic E-state index is -0.254. The van der Waals surface area contributed by atoms with Crippen LogP contribution >= 0.6 is 15.9 Å². The number of H-pyrrole nitrogens is 1. The second kappa shape index (κ2) is 8.68. The smallest absolute Gasteiger partial charge is 0.328 e. The maximum absolute atomic E-state index is 12.5. The number of fused-ring (bicyclic) bond motifs is 1. The van der Waals surface area contributed by atoms with Gasteiger partial charge in [0.15, 0.2) is 5.65 Å². The van der Waals surface area contributed by atoms with Gasteiger partial charge in [0.1, 0.15) is 11.3 Å². The Labute approximate surface area is 181 Å². The summed E-state index contributed by atoms with van der Waals surface area (Å²) in [5, 5.41) is 3.21. The van der Waals surface area contributed by atoms with Crippen LogP contribution in [0.25, 0.3) is 11.2 Å². The van der Waals surface area contributed by atoms with Gasteiger partial charge in [-0.15, -0.1) is 0 Å². The summed E-state index contributed by atoms with van der Waals surface area (Å²) in [6, 6.07) is 13.7. The Balaban J connectivity index is 1.61. The molecule has 2 aromatic carbocycles. The Kier molecular flexibility index (Phi) is 5.82. The normalized spacial score (nSPS) is 11.0. The molecule has 0 fully saturated rings. The van der Waals surface area contributed by atoms with Crippen molar-refractivity contribution in [1.29, 1.82) is 0 Å². The van der Waals surface area contributed by atoms with Crippen LogP contribution in [0, 0.1) is 0 Å². The first-order chi connectivity index (χ1) is 14.6. The minimum Gasteiger partial charge on any atom is -0.496 e. The summed E-state index contributed by atoms with van der Waals surface area (Å²) in [5.74, 6) is 1.15. The number of nitrogens with zero attached hydrogens (tertiary/aromatic N) is 3. The molecule has 0 radical (unpaired) electrons. The molecule has 0 saturated carbocycles. The zero-order valence-electron chi connectivity index (χ0n) is 16.4. The lowest BCUT2D eigenvalue weighted by Crippen LogP contribution is -2.18. The Hall–Kier alpha value is -3.17. The van der Waals surface area contributed by atoms with Gasteiger partial charge in [-0.05, 0) is 29.3 Å². The van der Waals surface area contributed by atoms with Crippen molar-refractivity contribution in [3.05, 3.63) is 80.3 Å². The number of rotatable bonds is 7. The molecule has 0 aliphatic heterocycles. The zero-order valence-corrected chi connectivity index (χ0v) is 17.9. The number of benzene rings is 2. The minimum absolute atomic E-state index is 0.254. The Bertz CT molecular complexity index is 1230. The molecular formula is C21H21BrN6O2. The van der Waals surface area contributed by atoms with Crippen LogP contribution in [0.15, 0.2) is 57.9 Å². The van der Waals surface area contributed by atoms with E-state index in [2.05, 4.69) is 36.2 Å². The third-order valence-electron chi connectivity index (χ3n) is 4.79. The average molecular weight is 469 g/mol. The first-order valence-corrected chi connectivity index (χ1v) is 10.2. The molecule has 0 bridgehead atoms. The van der Waals surface area contributed by atoms with Gasteiger partial charge in [0.25, 0.3) is 0 Å². The molecule has 8 nitrogen and oxygen atoms in total. The van der Waals surface area contributed by atoms with Crippen molar-refractivity contribution in [2.75, 3.05) is 12.4 Å². The van der Waals surface area contributed by atoms with Crippen molar-refractivity contribution >= 4 is 33.0 Å². The number of anilines is 1. The van der Waals surface area contributed by atoms with Crippen LogP contribution < -0.4 is 21.5 Å². The monoisotopic (exact) mass is 468 g/mol. The van der Waals surface area contributed by atoms with Crippen LogP contribution in [0.2, 0.25) is 0 Å². The Morgan fingerprint density at radius 2 is 1.97 bits per heavy atom.